The summed E-state index contributed by atoms with van der Waals surface area (Å²) in [4.78, 5) is 22.2. The number of benzene rings is 2. The lowest BCUT2D eigenvalue weighted by atomic mass is 9.91. The molecule has 5 nitrogen and oxygen atoms in total. The van der Waals surface area contributed by atoms with Crippen molar-refractivity contribution in [1.82, 2.24) is 0 Å². The molecule has 108 valence electrons. The molecule has 21 heavy (non-hydrogen) atoms. The Morgan fingerprint density at radius 2 is 1.52 bits per heavy atom. The molecular weight excluding hydrogens is 270 g/mol. The first-order chi connectivity index (χ1) is 9.97. The number of nitrogen functional groups attached to an aromatic ring is 1. The Kier molecular flexibility index (Phi) is 4.23. The molecule has 2 aromatic carbocycles. The zero-order chi connectivity index (χ0) is 15.4. The van der Waals surface area contributed by atoms with E-state index in [1.165, 1.54) is 12.1 Å². The Bertz CT molecular complexity index is 647. The van der Waals surface area contributed by atoms with Gasteiger partial charge in [-0.15, -0.1) is 0 Å². The van der Waals surface area contributed by atoms with Crippen LogP contribution < -0.4 is 5.73 Å². The number of anilines is 1. The van der Waals surface area contributed by atoms with Crippen molar-refractivity contribution in [3.63, 3.8) is 0 Å². The first-order valence-electron chi connectivity index (χ1n) is 6.38. The van der Waals surface area contributed by atoms with Crippen LogP contribution in [0.5, 0.6) is 0 Å². The predicted octanol–water partition coefficient (Wildman–Crippen LogP) is 2.38. The van der Waals surface area contributed by atoms with Gasteiger partial charge in [0.05, 0.1) is 11.5 Å². The zero-order valence-electron chi connectivity index (χ0n) is 11.2. The average molecular weight is 285 g/mol. The Hall–Kier alpha value is -2.82. The fraction of sp³-hybridized carbons (Fsp3) is 0.125. The normalized spacial score (nSPS) is 11.8. The molecule has 5 heteroatoms. The molecule has 0 spiro atoms. The van der Waals surface area contributed by atoms with E-state index in [9.17, 15) is 14.7 Å². The first kappa shape index (κ1) is 14.6. The molecule has 0 fully saturated rings. The van der Waals surface area contributed by atoms with E-state index in [1.54, 1.807) is 36.4 Å². The zero-order valence-corrected chi connectivity index (χ0v) is 11.2. The lowest BCUT2D eigenvalue weighted by molar-refractivity contribution is -0.138. The van der Waals surface area contributed by atoms with Crippen molar-refractivity contribution in [3.05, 3.63) is 65.2 Å². The quantitative estimate of drug-likeness (QED) is 0.732. The van der Waals surface area contributed by atoms with Crippen LogP contribution in [0.4, 0.5) is 5.69 Å². The number of carbonyl (C=O) groups is 2. The largest absolute Gasteiger partial charge is 0.481 e. The van der Waals surface area contributed by atoms with Crippen molar-refractivity contribution in [3.8, 4) is 0 Å². The Morgan fingerprint density at radius 1 is 0.952 bits per heavy atom. The molecule has 0 amide bonds. The monoisotopic (exact) mass is 285 g/mol. The molecule has 2 aromatic rings. The summed E-state index contributed by atoms with van der Waals surface area (Å²) in [5, 5.41) is 18.2. The van der Waals surface area contributed by atoms with Gasteiger partial charge in [0.15, 0.2) is 0 Å². The van der Waals surface area contributed by atoms with Crippen molar-refractivity contribution in [2.24, 2.45) is 0 Å². The topological polar surface area (TPSA) is 101 Å². The maximum Gasteiger partial charge on any atom is 0.335 e. The number of rotatable bonds is 5. The summed E-state index contributed by atoms with van der Waals surface area (Å²) in [5.41, 5.74) is 7.79. The van der Waals surface area contributed by atoms with E-state index in [-0.39, 0.29) is 5.56 Å². The van der Waals surface area contributed by atoms with E-state index in [4.69, 9.17) is 10.8 Å². The van der Waals surface area contributed by atoms with Crippen LogP contribution in [0.3, 0.4) is 0 Å². The van der Waals surface area contributed by atoms with E-state index in [0.717, 1.165) is 5.56 Å². The summed E-state index contributed by atoms with van der Waals surface area (Å²) in [6.07, 6.45) is 0.291. The molecule has 0 aromatic heterocycles. The molecule has 0 saturated heterocycles. The maximum absolute atomic E-state index is 11.4. The molecule has 4 N–H and O–H groups in total. The first-order valence-corrected chi connectivity index (χ1v) is 6.38. The van der Waals surface area contributed by atoms with Gasteiger partial charge in [-0.25, -0.2) is 4.79 Å². The number of hydrogen-bond donors (Lipinski definition) is 3. The van der Waals surface area contributed by atoms with Crippen LogP contribution in [-0.2, 0) is 11.2 Å². The van der Waals surface area contributed by atoms with Gasteiger partial charge in [0.25, 0.3) is 0 Å². The number of hydrogen-bond acceptors (Lipinski definition) is 3. The number of carboxylic acid groups (broad SMARTS) is 2. The molecule has 1 atom stereocenters. The second-order valence-electron chi connectivity index (χ2n) is 4.76. The molecule has 2 rings (SSSR count). The van der Waals surface area contributed by atoms with Crippen LogP contribution in [0, 0.1) is 0 Å². The van der Waals surface area contributed by atoms with Gasteiger partial charge < -0.3 is 15.9 Å². The fourth-order valence-corrected chi connectivity index (χ4v) is 2.10. The predicted molar refractivity (Wildman–Crippen MR) is 78.3 cm³/mol. The molecule has 0 radical (unpaired) electrons. The van der Waals surface area contributed by atoms with E-state index in [0.29, 0.717) is 17.7 Å². The summed E-state index contributed by atoms with van der Waals surface area (Å²) in [7, 11) is 0. The van der Waals surface area contributed by atoms with Gasteiger partial charge >= 0.3 is 11.9 Å². The Balaban J connectivity index is 2.22. The highest BCUT2D eigenvalue weighted by atomic mass is 16.4. The molecule has 0 saturated carbocycles. The third-order valence-electron chi connectivity index (χ3n) is 3.28. The summed E-state index contributed by atoms with van der Waals surface area (Å²) in [6.45, 7) is 0. The summed E-state index contributed by atoms with van der Waals surface area (Å²) >= 11 is 0. The van der Waals surface area contributed by atoms with Gasteiger partial charge in [-0.1, -0.05) is 24.3 Å². The Labute approximate surface area is 121 Å². The molecule has 0 aliphatic carbocycles. The van der Waals surface area contributed by atoms with Crippen LogP contribution in [-0.4, -0.2) is 22.2 Å². The highest BCUT2D eigenvalue weighted by molar-refractivity contribution is 5.87. The minimum Gasteiger partial charge on any atom is -0.481 e. The van der Waals surface area contributed by atoms with Crippen molar-refractivity contribution >= 4 is 17.6 Å². The number of aromatic carboxylic acids is 1. The third-order valence-corrected chi connectivity index (χ3v) is 3.28. The Morgan fingerprint density at radius 3 is 2.00 bits per heavy atom. The van der Waals surface area contributed by atoms with Crippen LogP contribution in [0.25, 0.3) is 0 Å². The molecule has 0 aliphatic rings. The van der Waals surface area contributed by atoms with Gasteiger partial charge in [0.2, 0.25) is 0 Å². The number of nitrogens with two attached hydrogens (primary N) is 1. The van der Waals surface area contributed by atoms with Crippen molar-refractivity contribution < 1.29 is 19.8 Å². The van der Waals surface area contributed by atoms with Crippen molar-refractivity contribution in [2.75, 3.05) is 5.73 Å². The summed E-state index contributed by atoms with van der Waals surface area (Å²) in [6, 6.07) is 12.9. The molecule has 1 unspecified atom stereocenters. The van der Waals surface area contributed by atoms with Gasteiger partial charge in [-0.05, 0) is 41.8 Å². The van der Waals surface area contributed by atoms with Crippen molar-refractivity contribution in [2.45, 2.75) is 12.3 Å². The van der Waals surface area contributed by atoms with Crippen LogP contribution in [0.1, 0.15) is 27.4 Å². The lowest BCUT2D eigenvalue weighted by Gasteiger charge is -2.13. The van der Waals surface area contributed by atoms with Crippen molar-refractivity contribution in [1.29, 1.82) is 0 Å². The number of carboxylic acids is 2. The molecular formula is C16H15NO4. The second-order valence-corrected chi connectivity index (χ2v) is 4.76. The molecule has 0 heterocycles. The molecule has 0 aliphatic heterocycles. The minimum absolute atomic E-state index is 0.179. The smallest absolute Gasteiger partial charge is 0.335 e. The summed E-state index contributed by atoms with van der Waals surface area (Å²) in [5.74, 6) is -2.63. The standard InChI is InChI=1S/C16H15NO4/c17-13-7-5-11(6-8-13)14(16(20)21)9-10-1-3-12(4-2-10)15(18)19/h1-8,14H,9,17H2,(H,18,19)(H,20,21). The lowest BCUT2D eigenvalue weighted by Crippen LogP contribution is -2.14. The van der Waals surface area contributed by atoms with E-state index < -0.39 is 17.9 Å². The number of aliphatic carboxylic acids is 1. The van der Waals surface area contributed by atoms with Gasteiger partial charge in [0.1, 0.15) is 0 Å². The van der Waals surface area contributed by atoms with E-state index in [2.05, 4.69) is 0 Å². The third kappa shape index (κ3) is 3.60. The maximum atomic E-state index is 11.4. The van der Waals surface area contributed by atoms with Crippen LogP contribution >= 0.6 is 0 Å². The van der Waals surface area contributed by atoms with E-state index >= 15 is 0 Å². The van der Waals surface area contributed by atoms with Gasteiger partial charge in [0, 0.05) is 5.69 Å². The van der Waals surface area contributed by atoms with Crippen LogP contribution in [0.2, 0.25) is 0 Å². The van der Waals surface area contributed by atoms with Crippen LogP contribution in [0.15, 0.2) is 48.5 Å². The highest BCUT2D eigenvalue weighted by Gasteiger charge is 2.20. The van der Waals surface area contributed by atoms with E-state index in [1.807, 2.05) is 0 Å². The SMILES string of the molecule is Nc1ccc(C(Cc2ccc(C(=O)O)cc2)C(=O)O)cc1. The minimum atomic E-state index is -1.00. The van der Waals surface area contributed by atoms with Gasteiger partial charge in [-0.3, -0.25) is 4.79 Å². The average Bonchev–Trinajstić information content (AvgIpc) is 2.46. The fourth-order valence-electron chi connectivity index (χ4n) is 2.10. The highest BCUT2D eigenvalue weighted by Crippen LogP contribution is 2.22. The summed E-state index contributed by atoms with van der Waals surface area (Å²) < 4.78 is 0. The second kappa shape index (κ2) is 6.09. The van der Waals surface area contributed by atoms with Gasteiger partial charge in [-0.2, -0.15) is 0 Å². The molecule has 0 bridgehead atoms.